The van der Waals surface area contributed by atoms with Crippen LogP contribution in [0.3, 0.4) is 0 Å². The Balaban J connectivity index is 1.48. The third-order valence-electron chi connectivity index (χ3n) is 4.47. The number of benzene rings is 2. The Morgan fingerprint density at radius 3 is 2.70 bits per heavy atom. The van der Waals surface area contributed by atoms with Gasteiger partial charge in [0, 0.05) is 29.9 Å². The highest BCUT2D eigenvalue weighted by Gasteiger charge is 2.09. The molecule has 1 unspecified atom stereocenters. The summed E-state index contributed by atoms with van der Waals surface area (Å²) >= 11 is 0. The highest BCUT2D eigenvalue weighted by atomic mass is 16.5. The number of nitrogens with zero attached hydrogens (tertiary/aromatic N) is 4. The lowest BCUT2D eigenvalue weighted by molar-refractivity contribution is 0.415. The second-order valence-electron chi connectivity index (χ2n) is 6.47. The smallest absolute Gasteiger partial charge is 0.243 e. The maximum atomic E-state index is 5.20. The minimum atomic E-state index is 0.147. The summed E-state index contributed by atoms with van der Waals surface area (Å²) in [5.41, 5.74) is 2.96. The fourth-order valence-electron chi connectivity index (χ4n) is 3.13. The largest absolute Gasteiger partial charge is 0.497 e. The highest BCUT2D eigenvalue weighted by molar-refractivity contribution is 5.79. The first-order valence-electron chi connectivity index (χ1n) is 8.87. The van der Waals surface area contributed by atoms with Gasteiger partial charge in [0.2, 0.25) is 5.95 Å². The van der Waals surface area contributed by atoms with E-state index in [1.807, 2.05) is 24.3 Å². The summed E-state index contributed by atoms with van der Waals surface area (Å²) in [5, 5.41) is 12.8. The second kappa shape index (κ2) is 7.45. The lowest BCUT2D eigenvalue weighted by Gasteiger charge is -2.15. The highest BCUT2D eigenvalue weighted by Crippen LogP contribution is 2.21. The van der Waals surface area contributed by atoms with Crippen LogP contribution in [0.1, 0.15) is 6.92 Å². The van der Waals surface area contributed by atoms with E-state index in [1.165, 1.54) is 10.9 Å². The molecule has 2 aromatic heterocycles. The second-order valence-corrected chi connectivity index (χ2v) is 6.47. The van der Waals surface area contributed by atoms with Crippen LogP contribution in [-0.4, -0.2) is 32.9 Å². The van der Waals surface area contributed by atoms with Gasteiger partial charge in [-0.25, -0.2) is 4.98 Å². The minimum absolute atomic E-state index is 0.147. The van der Waals surface area contributed by atoms with Crippen molar-refractivity contribution in [3.8, 4) is 17.0 Å². The zero-order valence-electron chi connectivity index (χ0n) is 15.3. The summed E-state index contributed by atoms with van der Waals surface area (Å²) in [6.45, 7) is 2.92. The van der Waals surface area contributed by atoms with Crippen molar-refractivity contribution in [1.29, 1.82) is 0 Å². The topological polar surface area (TPSA) is 64.9 Å². The number of rotatable bonds is 6. The summed E-state index contributed by atoms with van der Waals surface area (Å²) in [4.78, 5) is 4.60. The van der Waals surface area contributed by atoms with E-state index in [-0.39, 0.29) is 6.04 Å². The number of anilines is 1. The van der Waals surface area contributed by atoms with Gasteiger partial charge in [0.05, 0.1) is 19.0 Å². The molecule has 2 aromatic carbocycles. The molecule has 6 nitrogen and oxygen atoms in total. The summed E-state index contributed by atoms with van der Waals surface area (Å²) in [5.74, 6) is 1.33. The average Bonchev–Trinajstić information content (AvgIpc) is 3.11. The molecule has 0 aliphatic carbocycles. The van der Waals surface area contributed by atoms with Crippen LogP contribution in [0.15, 0.2) is 67.0 Å². The molecule has 1 atom stereocenters. The Bertz CT molecular complexity index is 1040. The van der Waals surface area contributed by atoms with Crippen LogP contribution in [0.2, 0.25) is 0 Å². The lowest BCUT2D eigenvalue weighted by Crippen LogP contribution is -2.23. The van der Waals surface area contributed by atoms with Crippen LogP contribution in [0.5, 0.6) is 5.75 Å². The van der Waals surface area contributed by atoms with E-state index in [4.69, 9.17) is 4.74 Å². The summed E-state index contributed by atoms with van der Waals surface area (Å²) in [7, 11) is 1.65. The molecule has 136 valence electrons. The molecule has 0 aliphatic heterocycles. The first-order valence-corrected chi connectivity index (χ1v) is 8.87. The molecule has 4 aromatic rings. The summed E-state index contributed by atoms with van der Waals surface area (Å²) < 4.78 is 7.43. The van der Waals surface area contributed by atoms with Crippen molar-refractivity contribution >= 4 is 16.9 Å². The van der Waals surface area contributed by atoms with Crippen LogP contribution in [0.4, 0.5) is 5.95 Å². The summed E-state index contributed by atoms with van der Waals surface area (Å²) in [6.07, 6.45) is 3.77. The molecule has 0 aliphatic rings. The van der Waals surface area contributed by atoms with Gasteiger partial charge >= 0.3 is 0 Å². The normalized spacial score (nSPS) is 12.1. The van der Waals surface area contributed by atoms with Crippen molar-refractivity contribution in [3.05, 3.63) is 67.0 Å². The van der Waals surface area contributed by atoms with E-state index >= 15 is 0 Å². The van der Waals surface area contributed by atoms with Gasteiger partial charge in [-0.05, 0) is 48.7 Å². The van der Waals surface area contributed by atoms with Crippen LogP contribution < -0.4 is 10.1 Å². The van der Waals surface area contributed by atoms with E-state index in [9.17, 15) is 0 Å². The predicted molar refractivity (Wildman–Crippen MR) is 107 cm³/mol. The Hall–Kier alpha value is -3.41. The number of fused-ring (bicyclic) bond motifs is 1. The molecule has 4 rings (SSSR count). The van der Waals surface area contributed by atoms with Gasteiger partial charge in [0.1, 0.15) is 5.75 Å². The molecule has 0 saturated heterocycles. The Morgan fingerprint density at radius 1 is 1.07 bits per heavy atom. The number of methoxy groups -OCH3 is 1. The van der Waals surface area contributed by atoms with E-state index in [0.29, 0.717) is 5.95 Å². The van der Waals surface area contributed by atoms with E-state index in [2.05, 4.69) is 68.5 Å². The number of aromatic nitrogens is 4. The van der Waals surface area contributed by atoms with Crippen LogP contribution in [0, 0.1) is 0 Å². The zero-order valence-corrected chi connectivity index (χ0v) is 15.3. The molecular formula is C21H21N5O. The van der Waals surface area contributed by atoms with Crippen molar-refractivity contribution in [3.63, 3.8) is 0 Å². The molecule has 1 N–H and O–H groups in total. The van der Waals surface area contributed by atoms with Crippen LogP contribution in [0.25, 0.3) is 22.2 Å². The lowest BCUT2D eigenvalue weighted by atomic mass is 10.1. The molecule has 0 spiro atoms. The molecule has 27 heavy (non-hydrogen) atoms. The van der Waals surface area contributed by atoms with Crippen molar-refractivity contribution in [2.45, 2.75) is 19.5 Å². The Morgan fingerprint density at radius 2 is 1.89 bits per heavy atom. The van der Waals surface area contributed by atoms with E-state index in [0.717, 1.165) is 23.6 Å². The average molecular weight is 359 g/mol. The van der Waals surface area contributed by atoms with Crippen molar-refractivity contribution in [1.82, 2.24) is 19.7 Å². The standard InChI is InChI=1S/C21H21N5O/c1-15(14-26-12-11-17-5-3-4-6-20(17)26)23-21-24-19(13-22-25-21)16-7-9-18(27-2)10-8-16/h3-13,15H,14H2,1-2H3,(H,23,24,25). The SMILES string of the molecule is COc1ccc(-c2cnnc(NC(C)Cn3ccc4ccccc43)n2)cc1. The van der Waals surface area contributed by atoms with Gasteiger partial charge in [-0.2, -0.15) is 5.10 Å². The number of hydrogen-bond acceptors (Lipinski definition) is 5. The minimum Gasteiger partial charge on any atom is -0.497 e. The molecular weight excluding hydrogens is 338 g/mol. The van der Waals surface area contributed by atoms with Gasteiger partial charge in [-0.15, -0.1) is 5.10 Å². The number of para-hydroxylation sites is 1. The molecule has 0 fully saturated rings. The van der Waals surface area contributed by atoms with E-state index < -0.39 is 0 Å². The van der Waals surface area contributed by atoms with Crippen molar-refractivity contribution in [2.24, 2.45) is 0 Å². The Labute approximate surface area is 157 Å². The van der Waals surface area contributed by atoms with Crippen LogP contribution >= 0.6 is 0 Å². The van der Waals surface area contributed by atoms with Crippen LogP contribution in [-0.2, 0) is 6.54 Å². The molecule has 6 heteroatoms. The maximum absolute atomic E-state index is 5.20. The van der Waals surface area contributed by atoms with Gasteiger partial charge in [-0.1, -0.05) is 18.2 Å². The number of ether oxygens (including phenoxy) is 1. The monoisotopic (exact) mass is 359 g/mol. The first-order chi connectivity index (χ1) is 13.2. The third kappa shape index (κ3) is 3.74. The zero-order chi connectivity index (χ0) is 18.6. The molecule has 0 radical (unpaired) electrons. The van der Waals surface area contributed by atoms with Crippen molar-refractivity contribution < 1.29 is 4.74 Å². The van der Waals surface area contributed by atoms with E-state index in [1.54, 1.807) is 13.3 Å². The quantitative estimate of drug-likeness (QED) is 0.564. The summed E-state index contributed by atoms with van der Waals surface area (Å²) in [6, 6.07) is 18.4. The fraction of sp³-hybridized carbons (Fsp3) is 0.190. The van der Waals surface area contributed by atoms with Gasteiger partial charge in [0.25, 0.3) is 0 Å². The molecule has 0 bridgehead atoms. The van der Waals surface area contributed by atoms with Gasteiger partial charge in [-0.3, -0.25) is 0 Å². The van der Waals surface area contributed by atoms with Gasteiger partial charge in [0.15, 0.2) is 0 Å². The molecule has 2 heterocycles. The predicted octanol–water partition coefficient (Wildman–Crippen LogP) is 4.00. The third-order valence-corrected chi connectivity index (χ3v) is 4.47. The fourth-order valence-corrected chi connectivity index (χ4v) is 3.13. The van der Waals surface area contributed by atoms with Gasteiger partial charge < -0.3 is 14.6 Å². The number of nitrogens with one attached hydrogen (secondary N) is 1. The molecule has 0 saturated carbocycles. The number of hydrogen-bond donors (Lipinski definition) is 1. The Kier molecular flexibility index (Phi) is 4.70. The first kappa shape index (κ1) is 17.0. The molecule has 0 amide bonds. The maximum Gasteiger partial charge on any atom is 0.243 e. The van der Waals surface area contributed by atoms with Crippen molar-refractivity contribution in [2.75, 3.05) is 12.4 Å².